The van der Waals surface area contributed by atoms with Gasteiger partial charge in [-0.1, -0.05) is 0 Å². The van der Waals surface area contributed by atoms with Gasteiger partial charge in [-0.25, -0.2) is 4.79 Å². The van der Waals surface area contributed by atoms with E-state index in [-0.39, 0.29) is 12.4 Å². The number of benzene rings is 1. The summed E-state index contributed by atoms with van der Waals surface area (Å²) in [7, 11) is 0. The van der Waals surface area contributed by atoms with Crippen molar-refractivity contribution < 1.29 is 13.9 Å². The maximum Gasteiger partial charge on any atom is 0.336 e. The lowest BCUT2D eigenvalue weighted by molar-refractivity contribution is 0.0925. The first-order valence-corrected chi connectivity index (χ1v) is 7.61. The number of thiophene rings is 1. The Hall–Kier alpha value is -2.40. The molecule has 3 rings (SSSR count). The third kappa shape index (κ3) is 2.94. The number of carbonyl (C=O) groups excluding carboxylic acids is 1. The predicted octanol–water partition coefficient (Wildman–Crippen LogP) is 3.73. The van der Waals surface area contributed by atoms with Gasteiger partial charge in [-0.3, -0.25) is 4.79 Å². The highest BCUT2D eigenvalue weighted by Gasteiger charge is 2.10. The molecule has 0 bridgehead atoms. The van der Waals surface area contributed by atoms with Crippen LogP contribution >= 0.6 is 11.3 Å². The molecule has 3 aromatic rings. The Morgan fingerprint density at radius 1 is 1.18 bits per heavy atom. The number of Topliss-reactive ketones (excluding diaryl/α,β-unsaturated/α-hetero) is 1. The maximum absolute atomic E-state index is 12.0. The lowest BCUT2D eigenvalue weighted by atomic mass is 10.1. The summed E-state index contributed by atoms with van der Waals surface area (Å²) in [6.45, 7) is 3.76. The largest absolute Gasteiger partial charge is 0.485 e. The fourth-order valence-electron chi connectivity index (χ4n) is 2.20. The predicted molar refractivity (Wildman–Crippen MR) is 86.1 cm³/mol. The summed E-state index contributed by atoms with van der Waals surface area (Å²) in [6.07, 6.45) is 0. The summed E-state index contributed by atoms with van der Waals surface area (Å²) in [6, 6.07) is 10.4. The van der Waals surface area contributed by atoms with Crippen LogP contribution in [0, 0.1) is 13.8 Å². The van der Waals surface area contributed by atoms with Crippen molar-refractivity contribution in [2.24, 2.45) is 0 Å². The van der Waals surface area contributed by atoms with Crippen LogP contribution in [-0.2, 0) is 0 Å². The van der Waals surface area contributed by atoms with E-state index in [9.17, 15) is 9.59 Å². The normalized spacial score (nSPS) is 10.8. The third-order valence-electron chi connectivity index (χ3n) is 3.31. The summed E-state index contributed by atoms with van der Waals surface area (Å²) < 4.78 is 10.7. The Morgan fingerprint density at radius 2 is 2.00 bits per heavy atom. The van der Waals surface area contributed by atoms with Gasteiger partial charge < -0.3 is 9.15 Å². The maximum atomic E-state index is 12.0. The zero-order valence-corrected chi connectivity index (χ0v) is 13.0. The van der Waals surface area contributed by atoms with Crippen LogP contribution in [0.2, 0.25) is 0 Å². The first-order valence-electron chi connectivity index (χ1n) is 6.80. The molecule has 2 heterocycles. The van der Waals surface area contributed by atoms with Gasteiger partial charge >= 0.3 is 5.63 Å². The molecule has 0 atom stereocenters. The summed E-state index contributed by atoms with van der Waals surface area (Å²) in [5.74, 6) is 0.437. The Balaban J connectivity index is 1.79. The van der Waals surface area contributed by atoms with Gasteiger partial charge in [0.25, 0.3) is 0 Å². The topological polar surface area (TPSA) is 56.5 Å². The van der Waals surface area contributed by atoms with Crippen molar-refractivity contribution in [2.75, 3.05) is 6.61 Å². The number of aryl methyl sites for hydroxylation is 2. The molecule has 2 aromatic heterocycles. The molecule has 0 fully saturated rings. The minimum atomic E-state index is -0.396. The standard InChI is InChI=1S/C17H14O4S/c1-10-7-17(19)21-15-8-12(4-5-13(10)15)20-9-14(18)16-6-3-11(2)22-16/h3-8H,9H2,1-2H3. The van der Waals surface area contributed by atoms with Crippen LogP contribution in [0.4, 0.5) is 0 Å². The zero-order chi connectivity index (χ0) is 15.7. The lowest BCUT2D eigenvalue weighted by Crippen LogP contribution is -2.10. The summed E-state index contributed by atoms with van der Waals surface area (Å²) in [5.41, 5.74) is 0.914. The van der Waals surface area contributed by atoms with Crippen molar-refractivity contribution in [2.45, 2.75) is 13.8 Å². The fraction of sp³-hybridized carbons (Fsp3) is 0.176. The molecule has 0 saturated carbocycles. The van der Waals surface area contributed by atoms with E-state index >= 15 is 0 Å². The van der Waals surface area contributed by atoms with Crippen molar-refractivity contribution >= 4 is 28.1 Å². The van der Waals surface area contributed by atoms with Gasteiger partial charge in [0.1, 0.15) is 11.3 Å². The first-order chi connectivity index (χ1) is 10.5. The van der Waals surface area contributed by atoms with Gasteiger partial charge in [0.2, 0.25) is 5.78 Å². The number of fused-ring (bicyclic) bond motifs is 1. The van der Waals surface area contributed by atoms with Crippen molar-refractivity contribution in [1.29, 1.82) is 0 Å². The highest BCUT2D eigenvalue weighted by molar-refractivity contribution is 7.14. The van der Waals surface area contributed by atoms with Gasteiger partial charge in [-0.2, -0.15) is 0 Å². The zero-order valence-electron chi connectivity index (χ0n) is 12.2. The number of hydrogen-bond acceptors (Lipinski definition) is 5. The van der Waals surface area contributed by atoms with Crippen LogP contribution in [0.1, 0.15) is 20.1 Å². The third-order valence-corrected chi connectivity index (χ3v) is 4.35. The molecule has 0 spiro atoms. The van der Waals surface area contributed by atoms with E-state index in [1.54, 1.807) is 18.2 Å². The van der Waals surface area contributed by atoms with Gasteiger partial charge in [-0.15, -0.1) is 11.3 Å². The molecule has 4 nitrogen and oxygen atoms in total. The van der Waals surface area contributed by atoms with Crippen molar-refractivity contribution in [3.8, 4) is 5.75 Å². The molecular weight excluding hydrogens is 300 g/mol. The highest BCUT2D eigenvalue weighted by Crippen LogP contribution is 2.23. The molecule has 0 N–H and O–H groups in total. The molecule has 0 aliphatic carbocycles. The van der Waals surface area contributed by atoms with Crippen LogP contribution in [0.15, 0.2) is 45.6 Å². The second-order valence-corrected chi connectivity index (χ2v) is 6.32. The fourth-order valence-corrected chi connectivity index (χ4v) is 2.99. The average molecular weight is 314 g/mol. The summed E-state index contributed by atoms with van der Waals surface area (Å²) >= 11 is 1.45. The molecule has 5 heteroatoms. The Labute approximate surface area is 131 Å². The van der Waals surface area contributed by atoms with Crippen LogP contribution < -0.4 is 10.4 Å². The van der Waals surface area contributed by atoms with E-state index in [1.165, 1.54) is 17.4 Å². The van der Waals surface area contributed by atoms with Crippen molar-refractivity contribution in [3.05, 3.63) is 62.1 Å². The van der Waals surface area contributed by atoms with E-state index in [1.807, 2.05) is 26.0 Å². The van der Waals surface area contributed by atoms with Crippen LogP contribution in [0.5, 0.6) is 5.75 Å². The van der Waals surface area contributed by atoms with Gasteiger partial charge in [0, 0.05) is 22.4 Å². The first kappa shape index (κ1) is 14.5. The Kier molecular flexibility index (Phi) is 3.81. The minimum absolute atomic E-state index is 0.0402. The molecule has 0 radical (unpaired) electrons. The number of ether oxygens (including phenoxy) is 1. The van der Waals surface area contributed by atoms with E-state index in [0.29, 0.717) is 16.2 Å². The van der Waals surface area contributed by atoms with Crippen LogP contribution in [0.25, 0.3) is 11.0 Å². The molecule has 0 unspecified atom stereocenters. The Bertz CT molecular complexity index is 904. The smallest absolute Gasteiger partial charge is 0.336 e. The molecular formula is C17H14O4S. The van der Waals surface area contributed by atoms with Gasteiger partial charge in [0.15, 0.2) is 6.61 Å². The van der Waals surface area contributed by atoms with Crippen LogP contribution in [0.3, 0.4) is 0 Å². The van der Waals surface area contributed by atoms with E-state index < -0.39 is 5.63 Å². The van der Waals surface area contributed by atoms with Gasteiger partial charge in [0.05, 0.1) is 4.88 Å². The number of hydrogen-bond donors (Lipinski definition) is 0. The SMILES string of the molecule is Cc1ccc(C(=O)COc2ccc3c(C)cc(=O)oc3c2)s1. The highest BCUT2D eigenvalue weighted by atomic mass is 32.1. The molecule has 112 valence electrons. The summed E-state index contributed by atoms with van der Waals surface area (Å²) in [5, 5.41) is 0.854. The molecule has 0 saturated heterocycles. The molecule has 1 aromatic carbocycles. The monoisotopic (exact) mass is 314 g/mol. The quantitative estimate of drug-likeness (QED) is 0.544. The van der Waals surface area contributed by atoms with Crippen LogP contribution in [-0.4, -0.2) is 12.4 Å². The van der Waals surface area contributed by atoms with E-state index in [2.05, 4.69) is 0 Å². The number of rotatable bonds is 4. The van der Waals surface area contributed by atoms with Crippen molar-refractivity contribution in [3.63, 3.8) is 0 Å². The summed E-state index contributed by atoms with van der Waals surface area (Å²) in [4.78, 5) is 25.2. The molecule has 0 aliphatic rings. The average Bonchev–Trinajstić information content (AvgIpc) is 2.91. The molecule has 22 heavy (non-hydrogen) atoms. The van der Waals surface area contributed by atoms with Crippen molar-refractivity contribution in [1.82, 2.24) is 0 Å². The Morgan fingerprint density at radius 3 is 2.73 bits per heavy atom. The van der Waals surface area contributed by atoms with E-state index in [0.717, 1.165) is 15.8 Å². The second kappa shape index (κ2) is 5.77. The number of ketones is 1. The second-order valence-electron chi connectivity index (χ2n) is 5.03. The molecule has 0 aliphatic heterocycles. The minimum Gasteiger partial charge on any atom is -0.485 e. The lowest BCUT2D eigenvalue weighted by Gasteiger charge is -2.06. The van der Waals surface area contributed by atoms with E-state index in [4.69, 9.17) is 9.15 Å². The number of carbonyl (C=O) groups is 1. The molecule has 0 amide bonds. The van der Waals surface area contributed by atoms with Gasteiger partial charge in [-0.05, 0) is 43.7 Å².